The topological polar surface area (TPSA) is 57.7 Å². The second kappa shape index (κ2) is 6.04. The Bertz CT molecular complexity index is 823. The highest BCUT2D eigenvalue weighted by Gasteiger charge is 2.59. The highest BCUT2D eigenvalue weighted by atomic mass is 16.2. The Labute approximate surface area is 159 Å². The summed E-state index contributed by atoms with van der Waals surface area (Å²) in [5, 5.41) is 0. The molecule has 0 N–H and O–H groups in total. The van der Waals surface area contributed by atoms with E-state index in [2.05, 4.69) is 19.1 Å². The molecule has 0 aromatic heterocycles. The molecule has 4 aliphatic rings. The molecular weight excluding hydrogens is 340 g/mol. The number of hydrogen-bond acceptors (Lipinski definition) is 3. The number of imide groups is 1. The van der Waals surface area contributed by atoms with Crippen LogP contribution in [0.1, 0.15) is 36.5 Å². The third kappa shape index (κ3) is 2.47. The molecular formula is C22H24N2O3. The predicted molar refractivity (Wildman–Crippen MR) is 101 cm³/mol. The van der Waals surface area contributed by atoms with Gasteiger partial charge >= 0.3 is 0 Å². The van der Waals surface area contributed by atoms with Crippen molar-refractivity contribution in [1.29, 1.82) is 0 Å². The number of nitrogens with zero attached hydrogens (tertiary/aromatic N) is 2. The maximum absolute atomic E-state index is 13.0. The summed E-state index contributed by atoms with van der Waals surface area (Å²) < 4.78 is 0. The van der Waals surface area contributed by atoms with Crippen LogP contribution in [0.3, 0.4) is 0 Å². The summed E-state index contributed by atoms with van der Waals surface area (Å²) in [5.41, 5.74) is 1.09. The van der Waals surface area contributed by atoms with E-state index in [9.17, 15) is 14.4 Å². The van der Waals surface area contributed by atoms with E-state index >= 15 is 0 Å². The second-order valence-electron chi connectivity index (χ2n) is 8.54. The van der Waals surface area contributed by atoms with Crippen LogP contribution in [0, 0.1) is 29.6 Å². The van der Waals surface area contributed by atoms with Crippen LogP contribution in [-0.4, -0.2) is 35.7 Å². The van der Waals surface area contributed by atoms with Crippen LogP contribution in [0.2, 0.25) is 0 Å². The first-order chi connectivity index (χ1) is 13.0. The summed E-state index contributed by atoms with van der Waals surface area (Å²) in [4.78, 5) is 42.0. The number of likely N-dealkylation sites (tertiary alicyclic amines) is 1. The predicted octanol–water partition coefficient (Wildman–Crippen LogP) is 2.87. The van der Waals surface area contributed by atoms with Gasteiger partial charge in [0.15, 0.2) is 0 Å². The summed E-state index contributed by atoms with van der Waals surface area (Å²) in [5.74, 6) is 0.416. The minimum absolute atomic E-state index is 0.00947. The molecule has 2 saturated heterocycles. The van der Waals surface area contributed by atoms with Crippen molar-refractivity contribution in [3.63, 3.8) is 0 Å². The van der Waals surface area contributed by atoms with E-state index in [1.807, 2.05) is 4.90 Å². The minimum Gasteiger partial charge on any atom is -0.339 e. The van der Waals surface area contributed by atoms with E-state index in [4.69, 9.17) is 0 Å². The van der Waals surface area contributed by atoms with Crippen LogP contribution in [0.25, 0.3) is 0 Å². The standard InChI is InChI=1S/C22H24N2O3/c1-13-7-9-23(10-8-13)20(25)16-3-2-4-17(12-16)24-21(26)18-14-5-6-15(11-14)19(18)22(24)27/h2-6,12-15,18-19H,7-11H2,1H3/t14-,15-,18+,19+/m1/s1. The van der Waals surface area contributed by atoms with Gasteiger partial charge in [-0.1, -0.05) is 25.1 Å². The molecule has 0 unspecified atom stereocenters. The molecule has 4 atom stereocenters. The first-order valence-electron chi connectivity index (χ1n) is 10.00. The first-order valence-corrected chi connectivity index (χ1v) is 10.00. The number of amides is 3. The van der Waals surface area contributed by atoms with Gasteiger partial charge in [-0.15, -0.1) is 0 Å². The Morgan fingerprint density at radius 1 is 1.00 bits per heavy atom. The molecule has 27 heavy (non-hydrogen) atoms. The lowest BCUT2D eigenvalue weighted by molar-refractivity contribution is -0.123. The molecule has 5 heteroatoms. The molecule has 2 aliphatic heterocycles. The van der Waals surface area contributed by atoms with Crippen molar-refractivity contribution < 1.29 is 14.4 Å². The summed E-state index contributed by atoms with van der Waals surface area (Å²) in [6.07, 6.45) is 7.16. The fourth-order valence-electron chi connectivity index (χ4n) is 5.33. The number of rotatable bonds is 2. The maximum atomic E-state index is 13.0. The highest BCUT2D eigenvalue weighted by molar-refractivity contribution is 6.23. The largest absolute Gasteiger partial charge is 0.339 e. The molecule has 0 spiro atoms. The highest BCUT2D eigenvalue weighted by Crippen LogP contribution is 2.53. The monoisotopic (exact) mass is 364 g/mol. The van der Waals surface area contributed by atoms with E-state index in [0.717, 1.165) is 32.4 Å². The summed E-state index contributed by atoms with van der Waals surface area (Å²) in [7, 11) is 0. The zero-order valence-corrected chi connectivity index (χ0v) is 15.5. The van der Waals surface area contributed by atoms with Gasteiger partial charge in [0, 0.05) is 18.7 Å². The van der Waals surface area contributed by atoms with Crippen molar-refractivity contribution in [3.05, 3.63) is 42.0 Å². The molecule has 1 aromatic rings. The molecule has 1 aromatic carbocycles. The normalized spacial score (nSPS) is 32.5. The number of hydrogen-bond donors (Lipinski definition) is 0. The number of anilines is 1. The second-order valence-corrected chi connectivity index (χ2v) is 8.54. The van der Waals surface area contributed by atoms with Crippen molar-refractivity contribution in [3.8, 4) is 0 Å². The van der Waals surface area contributed by atoms with E-state index in [-0.39, 0.29) is 41.4 Å². The van der Waals surface area contributed by atoms with Gasteiger partial charge in [-0.25, -0.2) is 4.90 Å². The average Bonchev–Trinajstić information content (AvgIpc) is 3.36. The third-order valence-electron chi connectivity index (χ3n) is 6.89. The number of fused-ring (bicyclic) bond motifs is 5. The van der Waals surface area contributed by atoms with Crippen LogP contribution in [0.4, 0.5) is 5.69 Å². The molecule has 3 amide bonds. The van der Waals surface area contributed by atoms with Gasteiger partial charge in [-0.3, -0.25) is 14.4 Å². The third-order valence-corrected chi connectivity index (χ3v) is 6.89. The summed E-state index contributed by atoms with van der Waals surface area (Å²) in [6, 6.07) is 7.03. The van der Waals surface area contributed by atoms with Crippen LogP contribution in [0.15, 0.2) is 36.4 Å². The van der Waals surface area contributed by atoms with Gasteiger partial charge in [-0.2, -0.15) is 0 Å². The van der Waals surface area contributed by atoms with Gasteiger partial charge < -0.3 is 4.90 Å². The quantitative estimate of drug-likeness (QED) is 0.599. The number of carbonyl (C=O) groups is 3. The van der Waals surface area contributed by atoms with Crippen LogP contribution in [-0.2, 0) is 9.59 Å². The van der Waals surface area contributed by atoms with Crippen molar-refractivity contribution in [2.24, 2.45) is 29.6 Å². The number of carbonyl (C=O) groups excluding carboxylic acids is 3. The van der Waals surface area contributed by atoms with Crippen LogP contribution in [0.5, 0.6) is 0 Å². The summed E-state index contributed by atoms with van der Waals surface area (Å²) >= 11 is 0. The van der Waals surface area contributed by atoms with Gasteiger partial charge in [0.2, 0.25) is 11.8 Å². The van der Waals surface area contributed by atoms with E-state index < -0.39 is 0 Å². The van der Waals surface area contributed by atoms with Gasteiger partial charge in [0.05, 0.1) is 17.5 Å². The van der Waals surface area contributed by atoms with Crippen molar-refractivity contribution in [2.75, 3.05) is 18.0 Å². The Morgan fingerprint density at radius 3 is 2.26 bits per heavy atom. The average molecular weight is 364 g/mol. The lowest BCUT2D eigenvalue weighted by Gasteiger charge is -2.30. The van der Waals surface area contributed by atoms with Crippen molar-refractivity contribution >= 4 is 23.4 Å². The molecule has 140 valence electrons. The smallest absolute Gasteiger partial charge is 0.253 e. The Balaban J connectivity index is 1.41. The molecule has 5 nitrogen and oxygen atoms in total. The number of allylic oxidation sites excluding steroid dienone is 2. The zero-order valence-electron chi connectivity index (χ0n) is 15.5. The summed E-state index contributed by atoms with van der Waals surface area (Å²) in [6.45, 7) is 3.75. The molecule has 2 bridgehead atoms. The molecule has 0 radical (unpaired) electrons. The molecule has 3 fully saturated rings. The maximum Gasteiger partial charge on any atom is 0.253 e. The zero-order chi connectivity index (χ0) is 18.7. The van der Waals surface area contributed by atoms with Crippen molar-refractivity contribution in [2.45, 2.75) is 26.2 Å². The number of piperidine rings is 1. The lowest BCUT2D eigenvalue weighted by atomic mass is 9.85. The SMILES string of the molecule is CC1CCN(C(=O)c2cccc(N3C(=O)[C@@H]4[C@@H](C3=O)[C@@H]3C=C[C@@H]4C3)c2)CC1. The number of benzene rings is 1. The Kier molecular flexibility index (Phi) is 3.74. The van der Waals surface area contributed by atoms with Gasteiger partial charge in [0.1, 0.15) is 0 Å². The minimum atomic E-state index is -0.213. The van der Waals surface area contributed by atoms with E-state index in [1.54, 1.807) is 24.3 Å². The van der Waals surface area contributed by atoms with Crippen LogP contribution < -0.4 is 4.90 Å². The van der Waals surface area contributed by atoms with E-state index in [1.165, 1.54) is 4.90 Å². The van der Waals surface area contributed by atoms with Crippen LogP contribution >= 0.6 is 0 Å². The van der Waals surface area contributed by atoms with Crippen molar-refractivity contribution in [1.82, 2.24) is 4.90 Å². The van der Waals surface area contributed by atoms with Gasteiger partial charge in [-0.05, 0) is 55.2 Å². The van der Waals surface area contributed by atoms with Gasteiger partial charge in [0.25, 0.3) is 5.91 Å². The Morgan fingerprint density at radius 2 is 1.63 bits per heavy atom. The molecule has 2 heterocycles. The first kappa shape index (κ1) is 16.7. The molecule has 2 aliphatic carbocycles. The van der Waals surface area contributed by atoms with E-state index in [0.29, 0.717) is 17.2 Å². The fourth-order valence-corrected chi connectivity index (χ4v) is 5.33. The lowest BCUT2D eigenvalue weighted by Crippen LogP contribution is -2.38. The fraction of sp³-hybridized carbons (Fsp3) is 0.500. The molecule has 1 saturated carbocycles. The molecule has 5 rings (SSSR count). The Hall–Kier alpha value is -2.43.